The third-order valence-electron chi connectivity index (χ3n) is 4.69. The Morgan fingerprint density at radius 2 is 2.00 bits per heavy atom. The van der Waals surface area contributed by atoms with Crippen LogP contribution in [0.3, 0.4) is 0 Å². The first-order valence-corrected chi connectivity index (χ1v) is 8.66. The molecule has 2 heterocycles. The molecule has 1 fully saturated rings. The second kappa shape index (κ2) is 6.90. The van der Waals surface area contributed by atoms with E-state index < -0.39 is 0 Å². The van der Waals surface area contributed by atoms with E-state index in [4.69, 9.17) is 4.74 Å². The van der Waals surface area contributed by atoms with Gasteiger partial charge in [0.1, 0.15) is 5.82 Å². The van der Waals surface area contributed by atoms with Crippen LogP contribution < -0.4 is 0 Å². The number of rotatable bonds is 3. The Balaban J connectivity index is 1.64. The maximum atomic E-state index is 13.2. The molecular formula is C21H21FN2O. The van der Waals surface area contributed by atoms with Crippen LogP contribution in [0.25, 0.3) is 22.0 Å². The summed E-state index contributed by atoms with van der Waals surface area (Å²) in [5.74, 6) is -0.218. The van der Waals surface area contributed by atoms with Gasteiger partial charge in [0.2, 0.25) is 0 Å². The van der Waals surface area contributed by atoms with Crippen LogP contribution in [0.4, 0.5) is 4.39 Å². The number of pyridine rings is 1. The normalized spacial score (nSPS) is 18.6. The van der Waals surface area contributed by atoms with E-state index in [9.17, 15) is 4.39 Å². The molecule has 2 aromatic carbocycles. The van der Waals surface area contributed by atoms with Gasteiger partial charge in [-0.1, -0.05) is 24.3 Å². The Morgan fingerprint density at radius 3 is 2.80 bits per heavy atom. The molecule has 1 atom stereocenters. The van der Waals surface area contributed by atoms with E-state index in [1.54, 1.807) is 0 Å². The molecule has 0 saturated carbocycles. The lowest BCUT2D eigenvalue weighted by molar-refractivity contribution is -0.0211. The average molecular weight is 336 g/mol. The third kappa shape index (κ3) is 3.55. The standard InChI is InChI=1S/C21H21FN2O/c1-15-13-24(10-11-25-15)14-16-2-7-20-19(8-9-23-21(20)12-16)17-3-5-18(22)6-4-17/h2-9,12,15H,10-11,13-14H2,1H3/t15-/m0/s1. The van der Waals surface area contributed by atoms with Crippen LogP contribution in [-0.4, -0.2) is 35.7 Å². The number of hydrogen-bond acceptors (Lipinski definition) is 3. The number of fused-ring (bicyclic) bond motifs is 1. The summed E-state index contributed by atoms with van der Waals surface area (Å²) in [6, 6.07) is 15.0. The molecule has 0 aliphatic carbocycles. The number of ether oxygens (including phenoxy) is 1. The van der Waals surface area contributed by atoms with Gasteiger partial charge in [-0.25, -0.2) is 4.39 Å². The molecule has 1 aromatic heterocycles. The van der Waals surface area contributed by atoms with Crippen molar-refractivity contribution in [3.05, 3.63) is 66.1 Å². The molecule has 1 saturated heterocycles. The second-order valence-corrected chi connectivity index (χ2v) is 6.63. The average Bonchev–Trinajstić information content (AvgIpc) is 2.62. The van der Waals surface area contributed by atoms with Crippen LogP contribution in [-0.2, 0) is 11.3 Å². The zero-order valence-electron chi connectivity index (χ0n) is 14.3. The van der Waals surface area contributed by atoms with Gasteiger partial charge in [-0.15, -0.1) is 0 Å². The van der Waals surface area contributed by atoms with E-state index in [-0.39, 0.29) is 11.9 Å². The molecule has 3 nitrogen and oxygen atoms in total. The summed E-state index contributed by atoms with van der Waals surface area (Å²) >= 11 is 0. The van der Waals surface area contributed by atoms with E-state index in [1.165, 1.54) is 17.7 Å². The van der Waals surface area contributed by atoms with Crippen molar-refractivity contribution in [1.29, 1.82) is 0 Å². The summed E-state index contributed by atoms with van der Waals surface area (Å²) < 4.78 is 18.8. The highest BCUT2D eigenvalue weighted by Crippen LogP contribution is 2.28. The molecule has 0 amide bonds. The van der Waals surface area contributed by atoms with Crippen LogP contribution in [0, 0.1) is 5.82 Å². The first-order valence-electron chi connectivity index (χ1n) is 8.66. The van der Waals surface area contributed by atoms with E-state index >= 15 is 0 Å². The fourth-order valence-electron chi connectivity index (χ4n) is 3.47. The van der Waals surface area contributed by atoms with Crippen molar-refractivity contribution in [3.63, 3.8) is 0 Å². The van der Waals surface area contributed by atoms with Crippen molar-refractivity contribution in [2.45, 2.75) is 19.6 Å². The van der Waals surface area contributed by atoms with Gasteiger partial charge in [-0.2, -0.15) is 0 Å². The van der Waals surface area contributed by atoms with Gasteiger partial charge in [0, 0.05) is 31.2 Å². The topological polar surface area (TPSA) is 25.4 Å². The highest BCUT2D eigenvalue weighted by atomic mass is 19.1. The number of nitrogens with zero attached hydrogens (tertiary/aromatic N) is 2. The third-order valence-corrected chi connectivity index (χ3v) is 4.69. The van der Waals surface area contributed by atoms with Gasteiger partial charge in [0.05, 0.1) is 18.2 Å². The molecule has 0 N–H and O–H groups in total. The summed E-state index contributed by atoms with van der Waals surface area (Å²) in [4.78, 5) is 6.95. The number of morpholine rings is 1. The fourth-order valence-corrected chi connectivity index (χ4v) is 3.47. The maximum absolute atomic E-state index is 13.2. The summed E-state index contributed by atoms with van der Waals surface area (Å²) in [6.45, 7) is 5.74. The lowest BCUT2D eigenvalue weighted by Crippen LogP contribution is -2.40. The first-order chi connectivity index (χ1) is 12.2. The van der Waals surface area contributed by atoms with Crippen LogP contribution in [0.2, 0.25) is 0 Å². The van der Waals surface area contributed by atoms with E-state index in [0.717, 1.165) is 48.3 Å². The van der Waals surface area contributed by atoms with Gasteiger partial charge < -0.3 is 4.74 Å². The van der Waals surface area contributed by atoms with Crippen LogP contribution in [0.5, 0.6) is 0 Å². The quantitative estimate of drug-likeness (QED) is 0.714. The summed E-state index contributed by atoms with van der Waals surface area (Å²) in [5, 5.41) is 1.09. The summed E-state index contributed by atoms with van der Waals surface area (Å²) in [5.41, 5.74) is 4.31. The van der Waals surface area contributed by atoms with Crippen molar-refractivity contribution in [1.82, 2.24) is 9.88 Å². The fraction of sp³-hybridized carbons (Fsp3) is 0.286. The lowest BCUT2D eigenvalue weighted by Gasteiger charge is -2.31. The Bertz CT molecular complexity index is 879. The van der Waals surface area contributed by atoms with Crippen molar-refractivity contribution in [3.8, 4) is 11.1 Å². The number of hydrogen-bond donors (Lipinski definition) is 0. The minimum Gasteiger partial charge on any atom is -0.376 e. The smallest absolute Gasteiger partial charge is 0.123 e. The molecule has 1 aliphatic rings. The van der Waals surface area contributed by atoms with Gasteiger partial charge in [0.25, 0.3) is 0 Å². The van der Waals surface area contributed by atoms with Crippen molar-refractivity contribution in [2.24, 2.45) is 0 Å². The summed E-state index contributed by atoms with van der Waals surface area (Å²) in [6.07, 6.45) is 2.11. The molecule has 4 heteroatoms. The maximum Gasteiger partial charge on any atom is 0.123 e. The number of benzene rings is 2. The van der Waals surface area contributed by atoms with Crippen molar-refractivity contribution >= 4 is 10.9 Å². The van der Waals surface area contributed by atoms with E-state index in [2.05, 4.69) is 35.0 Å². The van der Waals surface area contributed by atoms with Crippen LogP contribution in [0.15, 0.2) is 54.7 Å². The molecular weight excluding hydrogens is 315 g/mol. The zero-order valence-corrected chi connectivity index (χ0v) is 14.3. The molecule has 0 spiro atoms. The van der Waals surface area contributed by atoms with Crippen molar-refractivity contribution < 1.29 is 9.13 Å². The van der Waals surface area contributed by atoms with Crippen molar-refractivity contribution in [2.75, 3.05) is 19.7 Å². The van der Waals surface area contributed by atoms with E-state index in [0.29, 0.717) is 0 Å². The molecule has 0 radical (unpaired) electrons. The highest BCUT2D eigenvalue weighted by molar-refractivity contribution is 5.94. The minimum atomic E-state index is -0.218. The zero-order chi connectivity index (χ0) is 17.2. The Kier molecular flexibility index (Phi) is 4.47. The first kappa shape index (κ1) is 16.2. The van der Waals surface area contributed by atoms with Gasteiger partial charge in [-0.3, -0.25) is 9.88 Å². The largest absolute Gasteiger partial charge is 0.376 e. The molecule has 4 rings (SSSR count). The Morgan fingerprint density at radius 1 is 1.16 bits per heavy atom. The monoisotopic (exact) mass is 336 g/mol. The molecule has 0 unspecified atom stereocenters. The number of halogens is 1. The van der Waals surface area contributed by atoms with Crippen LogP contribution in [0.1, 0.15) is 12.5 Å². The van der Waals surface area contributed by atoms with Gasteiger partial charge in [0.15, 0.2) is 0 Å². The summed E-state index contributed by atoms with van der Waals surface area (Å²) in [7, 11) is 0. The number of aromatic nitrogens is 1. The molecule has 0 bridgehead atoms. The van der Waals surface area contributed by atoms with Gasteiger partial charge >= 0.3 is 0 Å². The Hall–Kier alpha value is -2.30. The molecule has 3 aromatic rings. The van der Waals surface area contributed by atoms with Crippen LogP contribution >= 0.6 is 0 Å². The minimum absolute atomic E-state index is 0.218. The molecule has 1 aliphatic heterocycles. The highest BCUT2D eigenvalue weighted by Gasteiger charge is 2.17. The Labute approximate surface area is 147 Å². The molecule has 25 heavy (non-hydrogen) atoms. The second-order valence-electron chi connectivity index (χ2n) is 6.63. The SMILES string of the molecule is C[C@H]1CN(Cc2ccc3c(-c4ccc(F)cc4)ccnc3c2)CCO1. The van der Waals surface area contributed by atoms with Gasteiger partial charge in [-0.05, 0) is 47.9 Å². The van der Waals surface area contributed by atoms with E-state index in [1.807, 2.05) is 24.4 Å². The predicted molar refractivity (Wildman–Crippen MR) is 97.8 cm³/mol. The predicted octanol–water partition coefficient (Wildman–Crippen LogP) is 4.26. The molecule has 128 valence electrons. The lowest BCUT2D eigenvalue weighted by atomic mass is 10.00.